The summed E-state index contributed by atoms with van der Waals surface area (Å²) in [5.41, 5.74) is 1.50. The molecule has 0 radical (unpaired) electrons. The Hall–Kier alpha value is -2.65. The second kappa shape index (κ2) is 11.0. The SMILES string of the molecule is COc1ccc(Cl)c2sc(N(Cc3ccccc3)C(=O)CCCS(=O)(=O)c3ccc(Cl)cc3)nc12. The van der Waals surface area contributed by atoms with Crippen molar-refractivity contribution in [3.05, 3.63) is 82.3 Å². The summed E-state index contributed by atoms with van der Waals surface area (Å²) >= 11 is 13.5. The highest BCUT2D eigenvalue weighted by molar-refractivity contribution is 7.91. The first kappa shape index (κ1) is 25.4. The maximum Gasteiger partial charge on any atom is 0.229 e. The first-order chi connectivity index (χ1) is 16.8. The number of hydrogen-bond donors (Lipinski definition) is 0. The van der Waals surface area contributed by atoms with Crippen molar-refractivity contribution in [2.75, 3.05) is 17.8 Å². The van der Waals surface area contributed by atoms with E-state index in [0.717, 1.165) is 10.3 Å². The number of carbonyl (C=O) groups is 1. The van der Waals surface area contributed by atoms with E-state index in [1.54, 1.807) is 24.1 Å². The molecular weight excluding hydrogens is 527 g/mol. The molecule has 0 saturated heterocycles. The van der Waals surface area contributed by atoms with Crippen LogP contribution in [0.15, 0.2) is 71.6 Å². The minimum Gasteiger partial charge on any atom is -0.494 e. The van der Waals surface area contributed by atoms with Crippen molar-refractivity contribution in [3.63, 3.8) is 0 Å². The van der Waals surface area contributed by atoms with Crippen LogP contribution in [0.4, 0.5) is 5.13 Å². The van der Waals surface area contributed by atoms with Gasteiger partial charge in [0.2, 0.25) is 5.91 Å². The van der Waals surface area contributed by atoms with Crippen LogP contribution in [-0.2, 0) is 21.2 Å². The molecule has 182 valence electrons. The third-order valence-corrected chi connectivity index (χ3v) is 8.97. The van der Waals surface area contributed by atoms with Crippen LogP contribution >= 0.6 is 34.5 Å². The fraction of sp³-hybridized carbons (Fsp3) is 0.200. The maximum absolute atomic E-state index is 13.3. The molecule has 0 unspecified atom stereocenters. The van der Waals surface area contributed by atoms with Gasteiger partial charge in [-0.25, -0.2) is 13.4 Å². The summed E-state index contributed by atoms with van der Waals surface area (Å²) in [6, 6.07) is 19.0. The van der Waals surface area contributed by atoms with E-state index in [1.165, 1.54) is 35.6 Å². The van der Waals surface area contributed by atoms with Gasteiger partial charge in [0.25, 0.3) is 0 Å². The van der Waals surface area contributed by atoms with Gasteiger partial charge >= 0.3 is 0 Å². The average molecular weight is 550 g/mol. The van der Waals surface area contributed by atoms with E-state index < -0.39 is 9.84 Å². The Labute approximate surface area is 218 Å². The number of aromatic nitrogens is 1. The number of nitrogens with zero attached hydrogens (tertiary/aromatic N) is 2. The van der Waals surface area contributed by atoms with E-state index in [2.05, 4.69) is 4.98 Å². The largest absolute Gasteiger partial charge is 0.494 e. The molecular formula is C25H22Cl2N2O4S2. The lowest BCUT2D eigenvalue weighted by Gasteiger charge is -2.20. The van der Waals surface area contributed by atoms with Gasteiger partial charge in [-0.3, -0.25) is 9.69 Å². The molecule has 0 fully saturated rings. The van der Waals surface area contributed by atoms with Crippen molar-refractivity contribution in [2.24, 2.45) is 0 Å². The number of hydrogen-bond acceptors (Lipinski definition) is 6. The Morgan fingerprint density at radius 1 is 1.03 bits per heavy atom. The molecule has 1 heterocycles. The summed E-state index contributed by atoms with van der Waals surface area (Å²) < 4.78 is 31.5. The molecule has 4 rings (SSSR count). The predicted molar refractivity (Wildman–Crippen MR) is 142 cm³/mol. The summed E-state index contributed by atoms with van der Waals surface area (Å²) in [6.07, 6.45) is 0.213. The van der Waals surface area contributed by atoms with Crippen LogP contribution in [0.3, 0.4) is 0 Å². The highest BCUT2D eigenvalue weighted by atomic mass is 35.5. The first-order valence-electron chi connectivity index (χ1n) is 10.7. The third-order valence-electron chi connectivity index (χ3n) is 5.36. The number of sulfone groups is 1. The number of ether oxygens (including phenoxy) is 1. The lowest BCUT2D eigenvalue weighted by atomic mass is 10.2. The molecule has 0 aliphatic rings. The third kappa shape index (κ3) is 5.95. The Balaban J connectivity index is 1.57. The van der Waals surface area contributed by atoms with E-state index in [9.17, 15) is 13.2 Å². The molecule has 0 aliphatic carbocycles. The molecule has 0 bridgehead atoms. The lowest BCUT2D eigenvalue weighted by molar-refractivity contribution is -0.118. The number of rotatable bonds is 9. The highest BCUT2D eigenvalue weighted by Crippen LogP contribution is 2.39. The summed E-state index contributed by atoms with van der Waals surface area (Å²) in [4.78, 5) is 19.8. The molecule has 6 nitrogen and oxygen atoms in total. The highest BCUT2D eigenvalue weighted by Gasteiger charge is 2.23. The molecule has 35 heavy (non-hydrogen) atoms. The zero-order chi connectivity index (χ0) is 25.0. The van der Waals surface area contributed by atoms with E-state index in [-0.39, 0.29) is 29.4 Å². The Morgan fingerprint density at radius 2 is 1.74 bits per heavy atom. The van der Waals surface area contributed by atoms with Crippen molar-refractivity contribution in [1.82, 2.24) is 4.98 Å². The van der Waals surface area contributed by atoms with Gasteiger partial charge in [0.1, 0.15) is 11.3 Å². The number of thiazole rings is 1. The van der Waals surface area contributed by atoms with Crippen LogP contribution in [0.25, 0.3) is 10.2 Å². The zero-order valence-electron chi connectivity index (χ0n) is 18.8. The topological polar surface area (TPSA) is 76.6 Å². The zero-order valence-corrected chi connectivity index (χ0v) is 21.9. The van der Waals surface area contributed by atoms with Gasteiger partial charge in [0.15, 0.2) is 15.0 Å². The number of amides is 1. The van der Waals surface area contributed by atoms with Gasteiger partial charge in [-0.15, -0.1) is 0 Å². The predicted octanol–water partition coefficient (Wildman–Crippen LogP) is 6.40. The van der Waals surface area contributed by atoms with Crippen LogP contribution in [-0.4, -0.2) is 32.2 Å². The Morgan fingerprint density at radius 3 is 2.43 bits per heavy atom. The Bertz CT molecular complexity index is 1440. The second-order valence-corrected chi connectivity index (χ2v) is 11.7. The number of halogens is 2. The quantitative estimate of drug-likeness (QED) is 0.242. The number of methoxy groups -OCH3 is 1. The van der Waals surface area contributed by atoms with Gasteiger partial charge in [-0.2, -0.15) is 0 Å². The van der Waals surface area contributed by atoms with Crippen LogP contribution in [0.5, 0.6) is 5.75 Å². The van der Waals surface area contributed by atoms with Crippen LogP contribution in [0, 0.1) is 0 Å². The lowest BCUT2D eigenvalue weighted by Crippen LogP contribution is -2.30. The minimum atomic E-state index is -3.53. The number of fused-ring (bicyclic) bond motifs is 1. The molecule has 0 atom stereocenters. The second-order valence-electron chi connectivity index (χ2n) is 7.77. The average Bonchev–Trinajstić information content (AvgIpc) is 3.30. The summed E-state index contributed by atoms with van der Waals surface area (Å²) in [6.45, 7) is 0.295. The fourth-order valence-corrected chi connectivity index (χ4v) is 6.27. The molecule has 10 heteroatoms. The van der Waals surface area contributed by atoms with Gasteiger partial charge in [0.05, 0.1) is 34.0 Å². The molecule has 3 aromatic carbocycles. The number of anilines is 1. The van der Waals surface area contributed by atoms with Crippen LogP contribution in [0.1, 0.15) is 18.4 Å². The molecule has 1 aromatic heterocycles. The standard InChI is InChI=1S/C25H22Cl2N2O4S2/c1-33-21-14-13-20(27)24-23(21)28-25(34-24)29(16-17-6-3-2-4-7-17)22(30)8-5-15-35(31,32)19-11-9-18(26)10-12-19/h2-4,6-7,9-14H,5,8,15-16H2,1H3. The van der Waals surface area contributed by atoms with Gasteiger partial charge in [-0.05, 0) is 48.4 Å². The molecule has 0 aliphatic heterocycles. The molecule has 0 spiro atoms. The van der Waals surface area contributed by atoms with Gasteiger partial charge < -0.3 is 4.74 Å². The first-order valence-corrected chi connectivity index (χ1v) is 14.0. The summed E-state index contributed by atoms with van der Waals surface area (Å²) in [5, 5.41) is 1.45. The van der Waals surface area contributed by atoms with Crippen molar-refractivity contribution in [2.45, 2.75) is 24.3 Å². The van der Waals surface area contributed by atoms with E-state index in [4.69, 9.17) is 27.9 Å². The van der Waals surface area contributed by atoms with E-state index >= 15 is 0 Å². The maximum atomic E-state index is 13.3. The van der Waals surface area contributed by atoms with Crippen molar-refractivity contribution >= 4 is 65.6 Å². The molecule has 0 N–H and O–H groups in total. The van der Waals surface area contributed by atoms with Crippen molar-refractivity contribution in [3.8, 4) is 5.75 Å². The van der Waals surface area contributed by atoms with Crippen molar-refractivity contribution < 1.29 is 17.9 Å². The van der Waals surface area contributed by atoms with E-state index in [1.807, 2.05) is 30.3 Å². The van der Waals surface area contributed by atoms with Crippen LogP contribution in [0.2, 0.25) is 10.0 Å². The summed E-state index contributed by atoms with van der Waals surface area (Å²) in [5.74, 6) is 0.182. The van der Waals surface area contributed by atoms with Crippen LogP contribution < -0.4 is 9.64 Å². The smallest absolute Gasteiger partial charge is 0.229 e. The molecule has 4 aromatic rings. The molecule has 0 saturated carbocycles. The monoisotopic (exact) mass is 548 g/mol. The number of benzene rings is 3. The van der Waals surface area contributed by atoms with Gasteiger partial charge in [-0.1, -0.05) is 64.9 Å². The Kier molecular flexibility index (Phi) is 7.96. The normalized spacial score (nSPS) is 11.5. The van der Waals surface area contributed by atoms with Gasteiger partial charge in [0, 0.05) is 11.4 Å². The summed E-state index contributed by atoms with van der Waals surface area (Å²) in [7, 11) is -1.98. The number of carbonyl (C=O) groups excluding carboxylic acids is 1. The van der Waals surface area contributed by atoms with Crippen molar-refractivity contribution in [1.29, 1.82) is 0 Å². The van der Waals surface area contributed by atoms with E-state index in [0.29, 0.717) is 33.0 Å². The fourth-order valence-electron chi connectivity index (χ4n) is 3.56. The minimum absolute atomic E-state index is 0.0421. The molecule has 1 amide bonds.